The Balaban J connectivity index is 2.72. The highest BCUT2D eigenvalue weighted by molar-refractivity contribution is 5.35. The van der Waals surface area contributed by atoms with Crippen molar-refractivity contribution >= 4 is 0 Å². The summed E-state index contributed by atoms with van der Waals surface area (Å²) in [6.07, 6.45) is 0. The quantitative estimate of drug-likeness (QED) is 0.782. The molecule has 0 aliphatic heterocycles. The van der Waals surface area contributed by atoms with Gasteiger partial charge in [0.15, 0.2) is 0 Å². The van der Waals surface area contributed by atoms with Crippen molar-refractivity contribution in [3.8, 4) is 5.75 Å². The molecular weight excluding hydrogens is 181 g/mol. The molecule has 0 fully saturated rings. The van der Waals surface area contributed by atoms with E-state index >= 15 is 0 Å². The van der Waals surface area contributed by atoms with Crippen LogP contribution in [0.2, 0.25) is 0 Å². The van der Waals surface area contributed by atoms with E-state index in [-0.39, 0.29) is 12.7 Å². The molecule has 0 saturated carbocycles. The lowest BCUT2D eigenvalue weighted by Crippen LogP contribution is -2.21. The van der Waals surface area contributed by atoms with Crippen LogP contribution in [0.1, 0.15) is 18.5 Å². The van der Waals surface area contributed by atoms with Gasteiger partial charge in [0.1, 0.15) is 12.4 Å². The molecule has 0 spiro atoms. The van der Waals surface area contributed by atoms with Crippen LogP contribution >= 0.6 is 0 Å². The fraction of sp³-hybridized carbons (Fsp3) is 0.455. The van der Waals surface area contributed by atoms with E-state index in [0.717, 1.165) is 11.3 Å². The first-order valence-corrected chi connectivity index (χ1v) is 4.72. The predicted octanol–water partition coefficient (Wildman–Crippen LogP) is 2.32. The minimum absolute atomic E-state index is 0.113. The first-order valence-electron chi connectivity index (χ1n) is 4.72. The first kappa shape index (κ1) is 11.0. The molecule has 0 heterocycles. The fourth-order valence-electron chi connectivity index (χ4n) is 1.41. The van der Waals surface area contributed by atoms with Crippen LogP contribution < -0.4 is 10.1 Å². The molecule has 1 atom stereocenters. The Morgan fingerprint density at radius 3 is 2.79 bits per heavy atom. The largest absolute Gasteiger partial charge is 0.496 e. The summed E-state index contributed by atoms with van der Waals surface area (Å²) in [6, 6.07) is 7.87. The topological polar surface area (TPSA) is 21.3 Å². The summed E-state index contributed by atoms with van der Waals surface area (Å²) in [5.41, 5.74) is 1.06. The normalized spacial score (nSPS) is 12.5. The molecule has 78 valence electrons. The monoisotopic (exact) mass is 197 g/mol. The molecule has 1 rings (SSSR count). The number of hydrogen-bond acceptors (Lipinski definition) is 2. The summed E-state index contributed by atoms with van der Waals surface area (Å²) in [4.78, 5) is 0. The van der Waals surface area contributed by atoms with E-state index in [4.69, 9.17) is 4.74 Å². The third-order valence-electron chi connectivity index (χ3n) is 2.15. The van der Waals surface area contributed by atoms with Crippen molar-refractivity contribution < 1.29 is 9.13 Å². The summed E-state index contributed by atoms with van der Waals surface area (Å²) in [6.45, 7) is 2.02. The van der Waals surface area contributed by atoms with Crippen LogP contribution in [-0.4, -0.2) is 20.3 Å². The number of ether oxygens (including phenoxy) is 1. The molecule has 0 amide bonds. The average Bonchev–Trinajstić information content (AvgIpc) is 2.25. The van der Waals surface area contributed by atoms with Crippen molar-refractivity contribution in [3.05, 3.63) is 29.8 Å². The molecular formula is C11H16FNO. The van der Waals surface area contributed by atoms with Gasteiger partial charge in [0, 0.05) is 18.2 Å². The molecule has 14 heavy (non-hydrogen) atoms. The summed E-state index contributed by atoms with van der Waals surface area (Å²) in [5.74, 6) is 0.839. The second-order valence-electron chi connectivity index (χ2n) is 3.11. The number of nitrogens with one attached hydrogen (secondary N) is 1. The molecule has 0 aromatic heterocycles. The van der Waals surface area contributed by atoms with Crippen molar-refractivity contribution in [1.82, 2.24) is 5.32 Å². The van der Waals surface area contributed by atoms with E-state index in [0.29, 0.717) is 6.54 Å². The molecule has 3 heteroatoms. The van der Waals surface area contributed by atoms with Crippen LogP contribution in [0.4, 0.5) is 4.39 Å². The SMILES string of the molecule is COc1ccccc1[C@@H](C)NCCF. The van der Waals surface area contributed by atoms with Crippen LogP contribution in [-0.2, 0) is 0 Å². The lowest BCUT2D eigenvalue weighted by Gasteiger charge is -2.16. The zero-order valence-corrected chi connectivity index (χ0v) is 8.59. The van der Waals surface area contributed by atoms with Crippen LogP contribution in [0.3, 0.4) is 0 Å². The van der Waals surface area contributed by atoms with Gasteiger partial charge in [-0.05, 0) is 13.0 Å². The standard InChI is InChI=1S/C11H16FNO/c1-9(13-8-7-12)10-5-3-4-6-11(10)14-2/h3-6,9,13H,7-8H2,1-2H3/t9-/m1/s1. The van der Waals surface area contributed by atoms with Gasteiger partial charge in [-0.15, -0.1) is 0 Å². The zero-order chi connectivity index (χ0) is 10.4. The van der Waals surface area contributed by atoms with E-state index in [9.17, 15) is 4.39 Å². The third kappa shape index (κ3) is 2.70. The summed E-state index contributed by atoms with van der Waals surface area (Å²) in [7, 11) is 1.64. The Morgan fingerprint density at radius 2 is 2.14 bits per heavy atom. The summed E-state index contributed by atoms with van der Waals surface area (Å²) in [5, 5.41) is 3.07. The van der Waals surface area contributed by atoms with Crippen LogP contribution in [0.5, 0.6) is 5.75 Å². The zero-order valence-electron chi connectivity index (χ0n) is 8.59. The summed E-state index contributed by atoms with van der Waals surface area (Å²) >= 11 is 0. The Labute approximate surface area is 84.1 Å². The first-order chi connectivity index (χ1) is 6.79. The Hall–Kier alpha value is -1.09. The van der Waals surface area contributed by atoms with Gasteiger partial charge in [-0.1, -0.05) is 18.2 Å². The van der Waals surface area contributed by atoms with Crippen molar-refractivity contribution in [2.45, 2.75) is 13.0 Å². The Kier molecular flexibility index (Phi) is 4.40. The highest BCUT2D eigenvalue weighted by Crippen LogP contribution is 2.23. The highest BCUT2D eigenvalue weighted by Gasteiger charge is 2.08. The van der Waals surface area contributed by atoms with Crippen LogP contribution in [0, 0.1) is 0 Å². The second kappa shape index (κ2) is 5.60. The maximum Gasteiger partial charge on any atom is 0.123 e. The van der Waals surface area contributed by atoms with Gasteiger partial charge in [-0.25, -0.2) is 4.39 Å². The molecule has 1 N–H and O–H groups in total. The van der Waals surface area contributed by atoms with E-state index in [1.54, 1.807) is 7.11 Å². The number of para-hydroxylation sites is 1. The molecule has 2 nitrogen and oxygen atoms in total. The van der Waals surface area contributed by atoms with Crippen molar-refractivity contribution in [2.75, 3.05) is 20.3 Å². The Morgan fingerprint density at radius 1 is 1.43 bits per heavy atom. The number of rotatable bonds is 5. The average molecular weight is 197 g/mol. The molecule has 0 unspecified atom stereocenters. The minimum Gasteiger partial charge on any atom is -0.496 e. The smallest absolute Gasteiger partial charge is 0.123 e. The molecule has 0 bridgehead atoms. The third-order valence-corrected chi connectivity index (χ3v) is 2.15. The molecule has 1 aromatic carbocycles. The van der Waals surface area contributed by atoms with E-state index < -0.39 is 0 Å². The fourth-order valence-corrected chi connectivity index (χ4v) is 1.41. The number of methoxy groups -OCH3 is 1. The van der Waals surface area contributed by atoms with Gasteiger partial charge < -0.3 is 10.1 Å². The van der Waals surface area contributed by atoms with Crippen molar-refractivity contribution in [3.63, 3.8) is 0 Å². The van der Waals surface area contributed by atoms with E-state index in [1.165, 1.54) is 0 Å². The Bertz CT molecular complexity index is 278. The number of hydrogen-bond donors (Lipinski definition) is 1. The van der Waals surface area contributed by atoms with Gasteiger partial charge >= 0.3 is 0 Å². The number of halogens is 1. The molecule has 0 aliphatic rings. The summed E-state index contributed by atoms with van der Waals surface area (Å²) < 4.78 is 17.2. The van der Waals surface area contributed by atoms with Gasteiger partial charge in [-0.3, -0.25) is 0 Å². The van der Waals surface area contributed by atoms with Crippen LogP contribution in [0.15, 0.2) is 24.3 Å². The van der Waals surface area contributed by atoms with E-state index in [2.05, 4.69) is 5.32 Å². The molecule has 0 radical (unpaired) electrons. The number of benzene rings is 1. The lowest BCUT2D eigenvalue weighted by atomic mass is 10.1. The second-order valence-corrected chi connectivity index (χ2v) is 3.11. The van der Waals surface area contributed by atoms with Gasteiger partial charge in [0.2, 0.25) is 0 Å². The maximum absolute atomic E-state index is 12.0. The van der Waals surface area contributed by atoms with Crippen LogP contribution in [0.25, 0.3) is 0 Å². The lowest BCUT2D eigenvalue weighted by molar-refractivity contribution is 0.396. The van der Waals surface area contributed by atoms with Gasteiger partial charge in [0.25, 0.3) is 0 Å². The van der Waals surface area contributed by atoms with Crippen molar-refractivity contribution in [1.29, 1.82) is 0 Å². The molecule has 1 aromatic rings. The number of alkyl halides is 1. The molecule has 0 saturated heterocycles. The van der Waals surface area contributed by atoms with E-state index in [1.807, 2.05) is 31.2 Å². The minimum atomic E-state index is -0.348. The maximum atomic E-state index is 12.0. The van der Waals surface area contributed by atoms with Crippen molar-refractivity contribution in [2.24, 2.45) is 0 Å². The van der Waals surface area contributed by atoms with Gasteiger partial charge in [-0.2, -0.15) is 0 Å². The predicted molar refractivity (Wildman–Crippen MR) is 55.4 cm³/mol. The molecule has 0 aliphatic carbocycles. The highest BCUT2D eigenvalue weighted by atomic mass is 19.1. The van der Waals surface area contributed by atoms with Gasteiger partial charge in [0.05, 0.1) is 7.11 Å².